The van der Waals surface area contributed by atoms with Crippen LogP contribution in [0.25, 0.3) is 0 Å². The number of hydrogen-bond donors (Lipinski definition) is 7. The molecule has 0 bridgehead atoms. The minimum atomic E-state index is -1.26. The predicted octanol–water partition coefficient (Wildman–Crippen LogP) is -1.60. The molecule has 190 valence electrons. The molecule has 0 radical (unpaired) electrons. The SMILES string of the molecule is CC(C)CC(NC(=O)C(Cc1cnc[nH]1)NC(=O)C(N)CC(N)=O)C(=O)NC(C(=O)O)C(C)C. The molecular formula is C21H35N7O6. The predicted molar refractivity (Wildman–Crippen MR) is 122 cm³/mol. The van der Waals surface area contributed by atoms with Crippen molar-refractivity contribution in [3.05, 3.63) is 18.2 Å². The van der Waals surface area contributed by atoms with E-state index in [2.05, 4.69) is 25.9 Å². The van der Waals surface area contributed by atoms with Crippen molar-refractivity contribution in [3.63, 3.8) is 0 Å². The van der Waals surface area contributed by atoms with Crippen LogP contribution < -0.4 is 27.4 Å². The number of hydrogen-bond acceptors (Lipinski definition) is 7. The van der Waals surface area contributed by atoms with Crippen LogP contribution in [0.3, 0.4) is 0 Å². The molecule has 0 aromatic carbocycles. The van der Waals surface area contributed by atoms with E-state index in [1.165, 1.54) is 12.5 Å². The minimum Gasteiger partial charge on any atom is -0.480 e. The Labute approximate surface area is 197 Å². The third-order valence-corrected chi connectivity index (χ3v) is 4.94. The van der Waals surface area contributed by atoms with Crippen molar-refractivity contribution >= 4 is 29.6 Å². The highest BCUT2D eigenvalue weighted by molar-refractivity contribution is 5.95. The molecule has 0 aliphatic carbocycles. The van der Waals surface area contributed by atoms with E-state index in [1.54, 1.807) is 13.8 Å². The molecule has 0 fully saturated rings. The molecule has 1 rings (SSSR count). The molecule has 9 N–H and O–H groups in total. The first-order valence-electron chi connectivity index (χ1n) is 11.0. The Balaban J connectivity index is 3.06. The summed E-state index contributed by atoms with van der Waals surface area (Å²) in [4.78, 5) is 67.7. The standard InChI is InChI=1S/C21H35N7O6/c1-10(2)5-14(20(32)28-17(11(3)4)21(33)34)27-19(31)15(6-12-8-24-9-25-12)26-18(30)13(22)7-16(23)29/h8-11,13-15,17H,5-7,22H2,1-4H3,(H2,23,29)(H,24,25)(H,26,30)(H,27,31)(H,28,32)(H,33,34). The average Bonchev–Trinajstić information content (AvgIpc) is 3.22. The van der Waals surface area contributed by atoms with Gasteiger partial charge in [0, 0.05) is 18.3 Å². The van der Waals surface area contributed by atoms with Gasteiger partial charge in [0.25, 0.3) is 0 Å². The van der Waals surface area contributed by atoms with Crippen molar-refractivity contribution in [1.82, 2.24) is 25.9 Å². The molecule has 1 aromatic heterocycles. The first-order valence-corrected chi connectivity index (χ1v) is 11.0. The lowest BCUT2D eigenvalue weighted by molar-refractivity contribution is -0.143. The lowest BCUT2D eigenvalue weighted by atomic mass is 10.00. The molecule has 0 aliphatic rings. The number of aromatic amines is 1. The van der Waals surface area contributed by atoms with Gasteiger partial charge < -0.3 is 37.5 Å². The number of H-pyrrole nitrogens is 1. The number of carboxylic acid groups (broad SMARTS) is 1. The van der Waals surface area contributed by atoms with Gasteiger partial charge in [-0.15, -0.1) is 0 Å². The molecule has 0 aliphatic heterocycles. The molecule has 0 saturated heterocycles. The Morgan fingerprint density at radius 3 is 2.06 bits per heavy atom. The highest BCUT2D eigenvalue weighted by Gasteiger charge is 2.32. The van der Waals surface area contributed by atoms with Gasteiger partial charge in [0.15, 0.2) is 0 Å². The first-order chi connectivity index (χ1) is 15.8. The Hall–Kier alpha value is -3.48. The monoisotopic (exact) mass is 481 g/mol. The molecular weight excluding hydrogens is 446 g/mol. The summed E-state index contributed by atoms with van der Waals surface area (Å²) in [5, 5.41) is 16.9. The van der Waals surface area contributed by atoms with Crippen molar-refractivity contribution in [2.24, 2.45) is 23.3 Å². The largest absolute Gasteiger partial charge is 0.480 e. The zero-order chi connectivity index (χ0) is 26.0. The van der Waals surface area contributed by atoms with E-state index in [1.807, 2.05) is 13.8 Å². The first kappa shape index (κ1) is 28.6. The van der Waals surface area contributed by atoms with Gasteiger partial charge in [-0.2, -0.15) is 0 Å². The second kappa shape index (κ2) is 13.3. The maximum absolute atomic E-state index is 13.1. The maximum atomic E-state index is 13.1. The Morgan fingerprint density at radius 2 is 1.59 bits per heavy atom. The highest BCUT2D eigenvalue weighted by atomic mass is 16.4. The maximum Gasteiger partial charge on any atom is 0.326 e. The fourth-order valence-corrected chi connectivity index (χ4v) is 3.16. The van der Waals surface area contributed by atoms with Crippen molar-refractivity contribution in [1.29, 1.82) is 0 Å². The van der Waals surface area contributed by atoms with Gasteiger partial charge in [0.2, 0.25) is 23.6 Å². The number of amides is 4. The number of nitrogens with zero attached hydrogens (tertiary/aromatic N) is 1. The summed E-state index contributed by atoms with van der Waals surface area (Å²) in [5.74, 6) is -4.46. The number of nitrogens with one attached hydrogen (secondary N) is 4. The van der Waals surface area contributed by atoms with Gasteiger partial charge in [-0.25, -0.2) is 9.78 Å². The summed E-state index contributed by atoms with van der Waals surface area (Å²) in [7, 11) is 0. The van der Waals surface area contributed by atoms with Crippen LogP contribution in [0.15, 0.2) is 12.5 Å². The van der Waals surface area contributed by atoms with Crippen LogP contribution in [-0.4, -0.2) is 68.8 Å². The van der Waals surface area contributed by atoms with Crippen molar-refractivity contribution in [2.75, 3.05) is 0 Å². The Morgan fingerprint density at radius 1 is 1.00 bits per heavy atom. The molecule has 34 heavy (non-hydrogen) atoms. The summed E-state index contributed by atoms with van der Waals surface area (Å²) in [5.41, 5.74) is 11.3. The number of rotatable bonds is 14. The summed E-state index contributed by atoms with van der Waals surface area (Å²) in [6.45, 7) is 6.99. The number of carboxylic acids is 1. The number of primary amides is 1. The lowest BCUT2D eigenvalue weighted by Crippen LogP contribution is -2.58. The van der Waals surface area contributed by atoms with Crippen LogP contribution in [0.4, 0.5) is 0 Å². The fraction of sp³-hybridized carbons (Fsp3) is 0.619. The van der Waals surface area contributed by atoms with Crippen molar-refractivity contribution in [3.8, 4) is 0 Å². The molecule has 4 atom stereocenters. The molecule has 0 saturated carbocycles. The third kappa shape index (κ3) is 9.57. The van der Waals surface area contributed by atoms with Crippen LogP contribution in [-0.2, 0) is 30.4 Å². The zero-order valence-corrected chi connectivity index (χ0v) is 19.8. The topological polar surface area (TPSA) is 222 Å². The smallest absolute Gasteiger partial charge is 0.326 e. The van der Waals surface area contributed by atoms with Crippen LogP contribution >= 0.6 is 0 Å². The number of aliphatic carboxylic acids is 1. The molecule has 1 aromatic rings. The van der Waals surface area contributed by atoms with Gasteiger partial charge in [-0.05, 0) is 18.3 Å². The third-order valence-electron chi connectivity index (χ3n) is 4.94. The molecule has 13 heteroatoms. The van der Waals surface area contributed by atoms with Gasteiger partial charge in [-0.1, -0.05) is 27.7 Å². The summed E-state index contributed by atoms with van der Waals surface area (Å²) < 4.78 is 0. The van der Waals surface area contributed by atoms with E-state index in [9.17, 15) is 29.1 Å². The number of carbonyl (C=O) groups excluding carboxylic acids is 4. The quantitative estimate of drug-likeness (QED) is 0.163. The average molecular weight is 482 g/mol. The lowest BCUT2D eigenvalue weighted by Gasteiger charge is -2.26. The number of aromatic nitrogens is 2. The number of carbonyl (C=O) groups is 5. The van der Waals surface area contributed by atoms with E-state index < -0.39 is 60.2 Å². The van der Waals surface area contributed by atoms with Gasteiger partial charge in [0.05, 0.1) is 18.8 Å². The van der Waals surface area contributed by atoms with E-state index in [0.717, 1.165) is 0 Å². The molecule has 1 heterocycles. The van der Waals surface area contributed by atoms with E-state index in [4.69, 9.17) is 11.5 Å². The normalized spacial score (nSPS) is 14.7. The molecule has 4 amide bonds. The number of imidazole rings is 1. The van der Waals surface area contributed by atoms with Crippen LogP contribution in [0.5, 0.6) is 0 Å². The highest BCUT2D eigenvalue weighted by Crippen LogP contribution is 2.09. The molecule has 13 nitrogen and oxygen atoms in total. The second-order valence-corrected chi connectivity index (χ2v) is 8.88. The summed E-state index contributed by atoms with van der Waals surface area (Å²) in [6.07, 6.45) is 2.69. The number of nitrogens with two attached hydrogens (primary N) is 2. The fourth-order valence-electron chi connectivity index (χ4n) is 3.16. The summed E-state index contributed by atoms with van der Waals surface area (Å²) in [6, 6.07) is -4.60. The van der Waals surface area contributed by atoms with Crippen LogP contribution in [0.1, 0.15) is 46.2 Å². The summed E-state index contributed by atoms with van der Waals surface area (Å²) >= 11 is 0. The van der Waals surface area contributed by atoms with Crippen molar-refractivity contribution < 1.29 is 29.1 Å². The van der Waals surface area contributed by atoms with E-state index in [0.29, 0.717) is 5.69 Å². The minimum absolute atomic E-state index is 0.000622. The van der Waals surface area contributed by atoms with Crippen LogP contribution in [0, 0.1) is 11.8 Å². The Kier molecular flexibility index (Phi) is 11.2. The molecule has 0 spiro atoms. The second-order valence-electron chi connectivity index (χ2n) is 8.88. The molecule has 4 unspecified atom stereocenters. The van der Waals surface area contributed by atoms with Crippen molar-refractivity contribution in [2.45, 2.75) is 71.1 Å². The van der Waals surface area contributed by atoms with E-state index >= 15 is 0 Å². The van der Waals surface area contributed by atoms with Crippen LogP contribution in [0.2, 0.25) is 0 Å². The van der Waals surface area contributed by atoms with Gasteiger partial charge in [0.1, 0.15) is 18.1 Å². The van der Waals surface area contributed by atoms with Gasteiger partial charge in [-0.3, -0.25) is 19.2 Å². The Bertz CT molecular complexity index is 856. The zero-order valence-electron chi connectivity index (χ0n) is 19.8. The van der Waals surface area contributed by atoms with Gasteiger partial charge >= 0.3 is 5.97 Å². The van der Waals surface area contributed by atoms with E-state index in [-0.39, 0.29) is 24.7 Å².